The second-order valence-electron chi connectivity index (χ2n) is 4.64. The van der Waals surface area contributed by atoms with Crippen LogP contribution in [0.4, 0.5) is 5.69 Å². The molecule has 0 aromatic heterocycles. The molecule has 1 fully saturated rings. The zero-order valence-corrected chi connectivity index (χ0v) is 10.7. The first kappa shape index (κ1) is 12.4. The normalized spacial score (nSPS) is 24.8. The quantitative estimate of drug-likeness (QED) is 0.855. The largest absolute Gasteiger partial charge is 0.381 e. The van der Waals surface area contributed by atoms with Gasteiger partial charge in [0, 0.05) is 24.0 Å². The van der Waals surface area contributed by atoms with Gasteiger partial charge in [0.2, 0.25) is 0 Å². The summed E-state index contributed by atoms with van der Waals surface area (Å²) < 4.78 is 22.6. The molecule has 1 aliphatic rings. The van der Waals surface area contributed by atoms with Gasteiger partial charge >= 0.3 is 0 Å². The molecule has 1 aromatic carbocycles. The smallest absolute Gasteiger partial charge is 0.175 e. The average molecular weight is 254 g/mol. The van der Waals surface area contributed by atoms with Crippen LogP contribution in [0.1, 0.15) is 19.3 Å². The maximum atomic E-state index is 11.3. The van der Waals surface area contributed by atoms with Crippen molar-refractivity contribution in [3.05, 3.63) is 24.3 Å². The molecule has 94 valence electrons. The minimum Gasteiger partial charge on any atom is -0.381 e. The van der Waals surface area contributed by atoms with Gasteiger partial charge in [0.15, 0.2) is 9.84 Å². The lowest BCUT2D eigenvalue weighted by Crippen LogP contribution is -2.35. The van der Waals surface area contributed by atoms with Crippen LogP contribution >= 0.6 is 0 Å². The Labute approximate surface area is 102 Å². The second-order valence-corrected chi connectivity index (χ2v) is 6.66. The zero-order chi connectivity index (χ0) is 12.5. The van der Waals surface area contributed by atoms with Gasteiger partial charge in [-0.1, -0.05) is 0 Å². The Morgan fingerprint density at radius 3 is 2.35 bits per heavy atom. The molecular weight excluding hydrogens is 236 g/mol. The SMILES string of the molecule is CS(=O)(=O)c1ccc(NC2CCCC2N)cc1. The molecule has 0 heterocycles. The van der Waals surface area contributed by atoms with Gasteiger partial charge < -0.3 is 11.1 Å². The van der Waals surface area contributed by atoms with Crippen molar-refractivity contribution in [3.8, 4) is 0 Å². The fourth-order valence-electron chi connectivity index (χ4n) is 2.18. The summed E-state index contributed by atoms with van der Waals surface area (Å²) in [6.45, 7) is 0. The fourth-order valence-corrected chi connectivity index (χ4v) is 2.81. The molecule has 0 aliphatic heterocycles. The maximum Gasteiger partial charge on any atom is 0.175 e. The number of nitrogens with two attached hydrogens (primary N) is 1. The van der Waals surface area contributed by atoms with Crippen LogP contribution in [-0.4, -0.2) is 26.8 Å². The van der Waals surface area contributed by atoms with E-state index in [-0.39, 0.29) is 6.04 Å². The van der Waals surface area contributed by atoms with Crippen molar-refractivity contribution in [3.63, 3.8) is 0 Å². The predicted molar refractivity (Wildman–Crippen MR) is 68.8 cm³/mol. The van der Waals surface area contributed by atoms with E-state index in [2.05, 4.69) is 5.32 Å². The van der Waals surface area contributed by atoms with E-state index in [1.165, 1.54) is 6.26 Å². The molecule has 0 saturated heterocycles. The summed E-state index contributed by atoms with van der Waals surface area (Å²) >= 11 is 0. The molecule has 2 rings (SSSR count). The summed E-state index contributed by atoms with van der Waals surface area (Å²) in [5.41, 5.74) is 6.90. The Kier molecular flexibility index (Phi) is 3.40. The summed E-state index contributed by atoms with van der Waals surface area (Å²) in [7, 11) is -3.11. The van der Waals surface area contributed by atoms with E-state index >= 15 is 0 Å². The van der Waals surface area contributed by atoms with Crippen LogP contribution in [0.3, 0.4) is 0 Å². The van der Waals surface area contributed by atoms with Gasteiger partial charge in [-0.15, -0.1) is 0 Å². The zero-order valence-electron chi connectivity index (χ0n) is 9.89. The third-order valence-corrected chi connectivity index (χ3v) is 4.33. The average Bonchev–Trinajstić information content (AvgIpc) is 2.64. The highest BCUT2D eigenvalue weighted by Crippen LogP contribution is 2.22. The lowest BCUT2D eigenvalue weighted by atomic mass is 10.2. The molecule has 5 heteroatoms. The molecule has 0 bridgehead atoms. The van der Waals surface area contributed by atoms with Crippen molar-refractivity contribution in [2.45, 2.75) is 36.2 Å². The van der Waals surface area contributed by atoms with E-state index in [0.717, 1.165) is 24.9 Å². The van der Waals surface area contributed by atoms with Gasteiger partial charge in [-0.2, -0.15) is 0 Å². The number of hydrogen-bond donors (Lipinski definition) is 2. The number of sulfone groups is 1. The van der Waals surface area contributed by atoms with E-state index in [9.17, 15) is 8.42 Å². The van der Waals surface area contributed by atoms with Gasteiger partial charge in [-0.3, -0.25) is 0 Å². The summed E-state index contributed by atoms with van der Waals surface area (Å²) in [4.78, 5) is 0.346. The second kappa shape index (κ2) is 4.66. The van der Waals surface area contributed by atoms with Crippen LogP contribution in [0, 0.1) is 0 Å². The van der Waals surface area contributed by atoms with Crippen LogP contribution in [0.15, 0.2) is 29.2 Å². The van der Waals surface area contributed by atoms with Crippen molar-refractivity contribution in [1.82, 2.24) is 0 Å². The molecule has 17 heavy (non-hydrogen) atoms. The number of anilines is 1. The molecular formula is C12H18N2O2S. The molecule has 0 radical (unpaired) electrons. The van der Waals surface area contributed by atoms with Crippen LogP contribution in [0.2, 0.25) is 0 Å². The third-order valence-electron chi connectivity index (χ3n) is 3.20. The number of nitrogens with one attached hydrogen (secondary N) is 1. The monoisotopic (exact) mass is 254 g/mol. The molecule has 1 aliphatic carbocycles. The number of benzene rings is 1. The van der Waals surface area contributed by atoms with Crippen molar-refractivity contribution in [1.29, 1.82) is 0 Å². The topological polar surface area (TPSA) is 72.2 Å². The van der Waals surface area contributed by atoms with Crippen molar-refractivity contribution in [2.24, 2.45) is 5.73 Å². The molecule has 2 atom stereocenters. The van der Waals surface area contributed by atoms with E-state index in [1.807, 2.05) is 0 Å². The Morgan fingerprint density at radius 2 is 1.88 bits per heavy atom. The summed E-state index contributed by atoms with van der Waals surface area (Å²) in [5, 5.41) is 3.35. The first-order chi connectivity index (χ1) is 7.97. The van der Waals surface area contributed by atoms with E-state index < -0.39 is 9.84 Å². The van der Waals surface area contributed by atoms with Crippen LogP contribution in [-0.2, 0) is 9.84 Å². The van der Waals surface area contributed by atoms with E-state index in [0.29, 0.717) is 10.9 Å². The Morgan fingerprint density at radius 1 is 1.24 bits per heavy atom. The first-order valence-electron chi connectivity index (χ1n) is 5.79. The van der Waals surface area contributed by atoms with Crippen LogP contribution < -0.4 is 11.1 Å². The fraction of sp³-hybridized carbons (Fsp3) is 0.500. The van der Waals surface area contributed by atoms with Crippen molar-refractivity contribution >= 4 is 15.5 Å². The summed E-state index contributed by atoms with van der Waals surface area (Å²) in [6.07, 6.45) is 4.50. The number of rotatable bonds is 3. The molecule has 0 spiro atoms. The van der Waals surface area contributed by atoms with Crippen LogP contribution in [0.5, 0.6) is 0 Å². The standard InChI is InChI=1S/C12H18N2O2S/c1-17(15,16)10-7-5-9(6-8-10)14-12-4-2-3-11(12)13/h5-8,11-12,14H,2-4,13H2,1H3. The first-order valence-corrected chi connectivity index (χ1v) is 7.68. The molecule has 1 aromatic rings. The summed E-state index contributed by atoms with van der Waals surface area (Å²) in [5.74, 6) is 0. The Balaban J connectivity index is 2.08. The van der Waals surface area contributed by atoms with Gasteiger partial charge in [0.25, 0.3) is 0 Å². The van der Waals surface area contributed by atoms with Gasteiger partial charge in [-0.05, 0) is 43.5 Å². The lowest BCUT2D eigenvalue weighted by molar-refractivity contribution is 0.602. The van der Waals surface area contributed by atoms with Gasteiger partial charge in [0.1, 0.15) is 0 Å². The molecule has 3 N–H and O–H groups in total. The van der Waals surface area contributed by atoms with Gasteiger partial charge in [-0.25, -0.2) is 8.42 Å². The molecule has 1 saturated carbocycles. The third kappa shape index (κ3) is 2.98. The minimum absolute atomic E-state index is 0.199. The predicted octanol–water partition coefficient (Wildman–Crippen LogP) is 1.38. The lowest BCUT2D eigenvalue weighted by Gasteiger charge is -2.18. The minimum atomic E-state index is -3.11. The van der Waals surface area contributed by atoms with E-state index in [4.69, 9.17) is 5.73 Å². The summed E-state index contributed by atoms with van der Waals surface area (Å²) in [6, 6.07) is 7.34. The molecule has 0 amide bonds. The molecule has 2 unspecified atom stereocenters. The highest BCUT2D eigenvalue weighted by Gasteiger charge is 2.23. The van der Waals surface area contributed by atoms with Crippen LogP contribution in [0.25, 0.3) is 0 Å². The highest BCUT2D eigenvalue weighted by molar-refractivity contribution is 7.90. The van der Waals surface area contributed by atoms with Crippen molar-refractivity contribution in [2.75, 3.05) is 11.6 Å². The maximum absolute atomic E-state index is 11.3. The van der Waals surface area contributed by atoms with Gasteiger partial charge in [0.05, 0.1) is 4.90 Å². The number of hydrogen-bond acceptors (Lipinski definition) is 4. The Bertz CT molecular complexity index is 482. The van der Waals surface area contributed by atoms with Crippen molar-refractivity contribution < 1.29 is 8.42 Å². The highest BCUT2D eigenvalue weighted by atomic mass is 32.2. The van der Waals surface area contributed by atoms with E-state index in [1.54, 1.807) is 24.3 Å². The Hall–Kier alpha value is -1.07. The molecule has 4 nitrogen and oxygen atoms in total.